The van der Waals surface area contributed by atoms with Crippen molar-refractivity contribution in [2.75, 3.05) is 6.54 Å². The Labute approximate surface area is 136 Å². The number of aromatic hydroxyl groups is 1. The number of hydrogen-bond donors (Lipinski definition) is 3. The fourth-order valence-corrected chi connectivity index (χ4v) is 2.79. The van der Waals surface area contributed by atoms with E-state index in [1.165, 1.54) is 11.5 Å². The number of benzene rings is 2. The number of halogens is 1. The molecule has 22 heavy (non-hydrogen) atoms. The smallest absolute Gasteiger partial charge is 0.255 e. The first-order chi connectivity index (χ1) is 10.6. The molecule has 1 heterocycles. The van der Waals surface area contributed by atoms with Crippen LogP contribution in [0.5, 0.6) is 5.75 Å². The summed E-state index contributed by atoms with van der Waals surface area (Å²) < 4.78 is 0.736. The third kappa shape index (κ3) is 2.99. The third-order valence-electron chi connectivity index (χ3n) is 3.56. The number of hydrogen-bond acceptors (Lipinski definition) is 2. The van der Waals surface area contributed by atoms with Crippen LogP contribution in [0, 0.1) is 0 Å². The molecular weight excluding hydrogens is 344 g/mol. The number of carbonyl (C=O) groups excluding carboxylic acids is 1. The molecule has 3 N–H and O–H groups in total. The number of para-hydroxylation sites is 1. The molecule has 4 nitrogen and oxygen atoms in total. The highest BCUT2D eigenvalue weighted by Gasteiger charge is 2.11. The predicted molar refractivity (Wildman–Crippen MR) is 90.1 cm³/mol. The Hall–Kier alpha value is -2.27. The Morgan fingerprint density at radius 3 is 2.86 bits per heavy atom. The summed E-state index contributed by atoms with van der Waals surface area (Å²) in [6.07, 6.45) is 2.70. The summed E-state index contributed by atoms with van der Waals surface area (Å²) >= 11 is 3.25. The number of carbonyl (C=O) groups is 1. The molecule has 0 spiro atoms. The summed E-state index contributed by atoms with van der Waals surface area (Å²) in [5.74, 6) is -0.302. The number of rotatable bonds is 4. The van der Waals surface area contributed by atoms with Crippen molar-refractivity contribution in [3.8, 4) is 5.75 Å². The number of phenols is 1. The lowest BCUT2D eigenvalue weighted by molar-refractivity contribution is 0.0951. The molecule has 0 radical (unpaired) electrons. The molecule has 0 aliphatic rings. The van der Waals surface area contributed by atoms with Gasteiger partial charge in [0, 0.05) is 28.1 Å². The summed E-state index contributed by atoms with van der Waals surface area (Å²) in [7, 11) is 0. The third-order valence-corrected chi connectivity index (χ3v) is 4.05. The molecular formula is C17H15BrN2O2. The number of phenolic OH excluding ortho intramolecular Hbond substituents is 1. The Kier molecular flexibility index (Phi) is 4.15. The van der Waals surface area contributed by atoms with Crippen molar-refractivity contribution >= 4 is 32.7 Å². The van der Waals surface area contributed by atoms with E-state index in [0.717, 1.165) is 22.0 Å². The van der Waals surface area contributed by atoms with E-state index in [9.17, 15) is 9.90 Å². The van der Waals surface area contributed by atoms with Gasteiger partial charge in [-0.15, -0.1) is 0 Å². The number of H-pyrrole nitrogens is 1. The molecule has 0 saturated heterocycles. The lowest BCUT2D eigenvalue weighted by atomic mass is 10.1. The van der Waals surface area contributed by atoms with E-state index in [0.29, 0.717) is 6.54 Å². The number of aromatic amines is 1. The molecule has 2 aromatic carbocycles. The molecule has 1 amide bonds. The Morgan fingerprint density at radius 2 is 2.05 bits per heavy atom. The monoisotopic (exact) mass is 358 g/mol. The Morgan fingerprint density at radius 1 is 1.23 bits per heavy atom. The first kappa shape index (κ1) is 14.7. The Bertz CT molecular complexity index is 826. The molecule has 0 aliphatic carbocycles. The number of aromatic nitrogens is 1. The van der Waals surface area contributed by atoms with Gasteiger partial charge in [-0.05, 0) is 36.2 Å². The van der Waals surface area contributed by atoms with Gasteiger partial charge in [0.15, 0.2) is 0 Å². The van der Waals surface area contributed by atoms with Gasteiger partial charge in [0.2, 0.25) is 0 Å². The quantitative estimate of drug-likeness (QED) is 0.666. The van der Waals surface area contributed by atoms with E-state index in [1.807, 2.05) is 24.4 Å². The first-order valence-corrected chi connectivity index (χ1v) is 7.76. The molecule has 112 valence electrons. The zero-order valence-corrected chi connectivity index (χ0v) is 13.4. The van der Waals surface area contributed by atoms with E-state index in [-0.39, 0.29) is 17.2 Å². The van der Waals surface area contributed by atoms with Gasteiger partial charge >= 0.3 is 0 Å². The van der Waals surface area contributed by atoms with Crippen LogP contribution in [0.4, 0.5) is 0 Å². The van der Waals surface area contributed by atoms with Crippen molar-refractivity contribution in [1.29, 1.82) is 0 Å². The molecule has 3 rings (SSSR count). The van der Waals surface area contributed by atoms with Crippen molar-refractivity contribution in [3.05, 3.63) is 64.3 Å². The molecule has 0 aliphatic heterocycles. The highest BCUT2D eigenvalue weighted by molar-refractivity contribution is 9.10. The van der Waals surface area contributed by atoms with E-state index < -0.39 is 0 Å². The van der Waals surface area contributed by atoms with Crippen LogP contribution in [0.25, 0.3) is 10.9 Å². The largest absolute Gasteiger partial charge is 0.507 e. The van der Waals surface area contributed by atoms with E-state index in [1.54, 1.807) is 12.1 Å². The minimum absolute atomic E-state index is 0.0287. The van der Waals surface area contributed by atoms with Crippen molar-refractivity contribution in [2.24, 2.45) is 0 Å². The van der Waals surface area contributed by atoms with Gasteiger partial charge in [-0.2, -0.15) is 0 Å². The van der Waals surface area contributed by atoms with Gasteiger partial charge in [0.25, 0.3) is 5.91 Å². The van der Waals surface area contributed by atoms with Gasteiger partial charge in [-0.1, -0.05) is 34.1 Å². The van der Waals surface area contributed by atoms with Crippen LogP contribution in [-0.2, 0) is 6.42 Å². The van der Waals surface area contributed by atoms with Gasteiger partial charge in [0.1, 0.15) is 5.75 Å². The summed E-state index contributed by atoms with van der Waals surface area (Å²) in [4.78, 5) is 15.3. The molecule has 3 aromatic rings. The average molecular weight is 359 g/mol. The maximum atomic E-state index is 12.1. The summed E-state index contributed by atoms with van der Waals surface area (Å²) in [5.41, 5.74) is 2.53. The zero-order chi connectivity index (χ0) is 15.5. The average Bonchev–Trinajstić information content (AvgIpc) is 2.90. The van der Waals surface area contributed by atoms with Crippen LogP contribution in [-0.4, -0.2) is 22.5 Å². The maximum Gasteiger partial charge on any atom is 0.255 e. The highest BCUT2D eigenvalue weighted by Crippen LogP contribution is 2.22. The van der Waals surface area contributed by atoms with Crippen LogP contribution in [0.3, 0.4) is 0 Å². The molecule has 0 unspecified atom stereocenters. The predicted octanol–water partition coefficient (Wildman–Crippen LogP) is 3.61. The lowest BCUT2D eigenvalue weighted by Gasteiger charge is -2.07. The number of amides is 1. The summed E-state index contributed by atoms with van der Waals surface area (Å²) in [6.45, 7) is 0.510. The van der Waals surface area contributed by atoms with Crippen LogP contribution < -0.4 is 5.32 Å². The second kappa shape index (κ2) is 6.23. The second-order valence-electron chi connectivity index (χ2n) is 5.03. The van der Waals surface area contributed by atoms with Gasteiger partial charge in [-0.25, -0.2) is 0 Å². The molecule has 0 saturated carbocycles. The highest BCUT2D eigenvalue weighted by atomic mass is 79.9. The normalized spacial score (nSPS) is 10.8. The van der Waals surface area contributed by atoms with Crippen LogP contribution in [0.1, 0.15) is 15.9 Å². The first-order valence-electron chi connectivity index (χ1n) is 6.97. The number of nitrogens with one attached hydrogen (secondary N) is 2. The number of fused-ring (bicyclic) bond motifs is 1. The molecule has 5 heteroatoms. The van der Waals surface area contributed by atoms with Crippen LogP contribution >= 0.6 is 15.9 Å². The Balaban J connectivity index is 1.64. The van der Waals surface area contributed by atoms with Crippen molar-refractivity contribution in [3.63, 3.8) is 0 Å². The van der Waals surface area contributed by atoms with Crippen LogP contribution in [0.2, 0.25) is 0 Å². The lowest BCUT2D eigenvalue weighted by Crippen LogP contribution is -2.25. The minimum Gasteiger partial charge on any atom is -0.507 e. The summed E-state index contributed by atoms with van der Waals surface area (Å²) in [5, 5.41) is 13.8. The molecule has 0 bridgehead atoms. The summed E-state index contributed by atoms with van der Waals surface area (Å²) in [6, 6.07) is 12.9. The zero-order valence-electron chi connectivity index (χ0n) is 11.8. The molecule has 0 atom stereocenters. The van der Waals surface area contributed by atoms with E-state index in [2.05, 4.69) is 32.3 Å². The second-order valence-corrected chi connectivity index (χ2v) is 5.94. The molecule has 0 fully saturated rings. The topological polar surface area (TPSA) is 65.1 Å². The fourth-order valence-electron chi connectivity index (χ4n) is 2.44. The molecule has 1 aromatic heterocycles. The SMILES string of the molecule is O=C(NCCc1c[nH]c2ccccc12)c1ccc(Br)cc1O. The van der Waals surface area contributed by atoms with Crippen LogP contribution in [0.15, 0.2) is 53.1 Å². The van der Waals surface area contributed by atoms with Gasteiger partial charge < -0.3 is 15.4 Å². The van der Waals surface area contributed by atoms with Crippen molar-refractivity contribution in [1.82, 2.24) is 10.3 Å². The maximum absolute atomic E-state index is 12.1. The van der Waals surface area contributed by atoms with Crippen molar-refractivity contribution in [2.45, 2.75) is 6.42 Å². The van der Waals surface area contributed by atoms with Gasteiger partial charge in [-0.3, -0.25) is 4.79 Å². The van der Waals surface area contributed by atoms with E-state index in [4.69, 9.17) is 0 Å². The fraction of sp³-hybridized carbons (Fsp3) is 0.118. The van der Waals surface area contributed by atoms with Gasteiger partial charge in [0.05, 0.1) is 5.56 Å². The minimum atomic E-state index is -0.273. The standard InChI is InChI=1S/C17H15BrN2O2/c18-12-5-6-14(16(21)9-12)17(22)19-8-7-11-10-20-15-4-2-1-3-13(11)15/h1-6,9-10,20-21H,7-8H2,(H,19,22). The van der Waals surface area contributed by atoms with Crippen molar-refractivity contribution < 1.29 is 9.90 Å². The van der Waals surface area contributed by atoms with E-state index >= 15 is 0 Å².